The summed E-state index contributed by atoms with van der Waals surface area (Å²) in [6.45, 7) is 1.53. The van der Waals surface area contributed by atoms with E-state index in [0.717, 1.165) is 10.6 Å². The largest absolute Gasteiger partial charge is 0.391 e. The number of nitrogens with zero attached hydrogens (tertiary/aromatic N) is 5. The Morgan fingerprint density at radius 3 is 2.59 bits per heavy atom. The van der Waals surface area contributed by atoms with E-state index in [-0.39, 0.29) is 43.0 Å². The Balaban J connectivity index is 1.60. The number of alkyl halides is 3. The van der Waals surface area contributed by atoms with Crippen LogP contribution in [0.4, 0.5) is 17.6 Å². The van der Waals surface area contributed by atoms with Crippen molar-refractivity contribution in [1.82, 2.24) is 29.3 Å². The number of nitrogens with one attached hydrogen (secondary N) is 1. The minimum atomic E-state index is -4.26. The zero-order chi connectivity index (χ0) is 20.9. The molecule has 0 atom stereocenters. The molecule has 4 heterocycles. The van der Waals surface area contributed by atoms with Crippen molar-refractivity contribution >= 4 is 11.4 Å². The summed E-state index contributed by atoms with van der Waals surface area (Å²) < 4.78 is 54.2. The Hall–Kier alpha value is -3.18. The lowest BCUT2D eigenvalue weighted by atomic mass is 9.96. The highest BCUT2D eigenvalue weighted by Gasteiger charge is 2.42. The number of aromatic nitrogens is 5. The average molecular weight is 412 g/mol. The predicted molar refractivity (Wildman–Crippen MR) is 92.3 cm³/mol. The van der Waals surface area contributed by atoms with Crippen LogP contribution in [0.3, 0.4) is 0 Å². The second-order valence-corrected chi connectivity index (χ2v) is 6.89. The van der Waals surface area contributed by atoms with E-state index in [1.807, 2.05) is 0 Å². The molecule has 0 radical (unpaired) electrons. The second-order valence-electron chi connectivity index (χ2n) is 6.89. The van der Waals surface area contributed by atoms with Crippen molar-refractivity contribution in [1.29, 1.82) is 0 Å². The fraction of sp³-hybridized carbons (Fsp3) is 0.412. The molecule has 0 aliphatic carbocycles. The van der Waals surface area contributed by atoms with Crippen LogP contribution in [-0.2, 0) is 0 Å². The van der Waals surface area contributed by atoms with Gasteiger partial charge in [0.05, 0.1) is 23.4 Å². The molecule has 4 rings (SSSR count). The molecule has 0 spiro atoms. The van der Waals surface area contributed by atoms with E-state index in [1.54, 1.807) is 6.92 Å². The third kappa shape index (κ3) is 3.28. The molecule has 0 bridgehead atoms. The topological polar surface area (TPSA) is 88.3 Å². The van der Waals surface area contributed by atoms with E-state index in [9.17, 15) is 27.2 Å². The first-order valence-electron chi connectivity index (χ1n) is 8.85. The molecule has 8 nitrogen and oxygen atoms in total. The maximum absolute atomic E-state index is 13.8. The van der Waals surface area contributed by atoms with Gasteiger partial charge in [-0.25, -0.2) is 4.68 Å². The highest BCUT2D eigenvalue weighted by molar-refractivity contribution is 5.95. The van der Waals surface area contributed by atoms with E-state index >= 15 is 0 Å². The molecule has 1 saturated heterocycles. The summed E-state index contributed by atoms with van der Waals surface area (Å²) in [6, 6.07) is 2.37. The minimum absolute atomic E-state index is 0.0107. The third-order valence-corrected chi connectivity index (χ3v) is 5.15. The number of rotatable bonds is 2. The van der Waals surface area contributed by atoms with Crippen LogP contribution in [0.2, 0.25) is 0 Å². The minimum Gasteiger partial charge on any atom is -0.339 e. The number of piperidine rings is 1. The standard InChI is InChI=1S/C17H16F4N6O2/c1-9-11(15(29)25-6-4-10(5-7-25)17(19,20)21)8-22-26(9)16-23-14(28)12-2-3-13(18)27(12)24-16/h2-3,8,10H,4-7H2,1H3,(H,23,24,28). The van der Waals surface area contributed by atoms with Gasteiger partial charge in [-0.15, -0.1) is 5.10 Å². The summed E-state index contributed by atoms with van der Waals surface area (Å²) in [4.78, 5) is 28.7. The van der Waals surface area contributed by atoms with Gasteiger partial charge in [-0.2, -0.15) is 27.2 Å². The molecular weight excluding hydrogens is 396 g/mol. The van der Waals surface area contributed by atoms with Crippen LogP contribution in [0.1, 0.15) is 28.9 Å². The van der Waals surface area contributed by atoms with Crippen molar-refractivity contribution in [3.63, 3.8) is 0 Å². The maximum atomic E-state index is 13.8. The number of carbonyl (C=O) groups is 1. The first kappa shape index (κ1) is 19.2. The van der Waals surface area contributed by atoms with Crippen molar-refractivity contribution in [2.24, 2.45) is 5.92 Å². The number of likely N-dealkylation sites (tertiary alicyclic amines) is 1. The van der Waals surface area contributed by atoms with Gasteiger partial charge >= 0.3 is 6.18 Å². The van der Waals surface area contributed by atoms with Crippen LogP contribution in [-0.4, -0.2) is 54.5 Å². The molecule has 29 heavy (non-hydrogen) atoms. The number of aromatic amines is 1. The van der Waals surface area contributed by atoms with E-state index < -0.39 is 29.5 Å². The van der Waals surface area contributed by atoms with E-state index in [4.69, 9.17) is 0 Å². The van der Waals surface area contributed by atoms with Crippen LogP contribution in [0.5, 0.6) is 0 Å². The number of halogens is 4. The van der Waals surface area contributed by atoms with Gasteiger partial charge in [0.1, 0.15) is 5.52 Å². The Bertz CT molecular complexity index is 1140. The van der Waals surface area contributed by atoms with E-state index in [1.165, 1.54) is 21.8 Å². The lowest BCUT2D eigenvalue weighted by Crippen LogP contribution is -2.42. The highest BCUT2D eigenvalue weighted by atomic mass is 19.4. The van der Waals surface area contributed by atoms with Crippen molar-refractivity contribution in [2.75, 3.05) is 13.1 Å². The van der Waals surface area contributed by atoms with Crippen molar-refractivity contribution in [2.45, 2.75) is 25.9 Å². The van der Waals surface area contributed by atoms with Gasteiger partial charge in [0, 0.05) is 13.1 Å². The Labute approximate surface area is 160 Å². The van der Waals surface area contributed by atoms with Gasteiger partial charge in [-0.05, 0) is 31.9 Å². The molecule has 3 aromatic heterocycles. The molecule has 1 aliphatic heterocycles. The van der Waals surface area contributed by atoms with Gasteiger partial charge in [-0.1, -0.05) is 0 Å². The molecule has 1 amide bonds. The lowest BCUT2D eigenvalue weighted by molar-refractivity contribution is -0.183. The van der Waals surface area contributed by atoms with Gasteiger partial charge < -0.3 is 4.90 Å². The van der Waals surface area contributed by atoms with E-state index in [0.29, 0.717) is 5.69 Å². The molecule has 3 aromatic rings. The van der Waals surface area contributed by atoms with Crippen molar-refractivity contribution in [3.05, 3.63) is 45.9 Å². The Morgan fingerprint density at radius 1 is 1.24 bits per heavy atom. The molecule has 1 aliphatic rings. The summed E-state index contributed by atoms with van der Waals surface area (Å²) in [5.74, 6) is -2.69. The van der Waals surface area contributed by atoms with Crippen LogP contribution >= 0.6 is 0 Å². The summed E-state index contributed by atoms with van der Waals surface area (Å²) in [5.41, 5.74) is -0.0787. The summed E-state index contributed by atoms with van der Waals surface area (Å²) in [5, 5.41) is 8.02. The summed E-state index contributed by atoms with van der Waals surface area (Å²) >= 11 is 0. The first-order chi connectivity index (χ1) is 13.7. The number of H-pyrrole nitrogens is 1. The van der Waals surface area contributed by atoms with Gasteiger partial charge in [0.15, 0.2) is 0 Å². The maximum Gasteiger partial charge on any atom is 0.391 e. The van der Waals surface area contributed by atoms with Crippen LogP contribution in [0.25, 0.3) is 11.5 Å². The van der Waals surface area contributed by atoms with Gasteiger partial charge in [0.2, 0.25) is 11.9 Å². The van der Waals surface area contributed by atoms with Crippen LogP contribution in [0, 0.1) is 18.8 Å². The number of hydrogen-bond donors (Lipinski definition) is 1. The van der Waals surface area contributed by atoms with Gasteiger partial charge in [0.25, 0.3) is 11.5 Å². The quantitative estimate of drug-likeness (QED) is 0.653. The third-order valence-electron chi connectivity index (χ3n) is 5.15. The average Bonchev–Trinajstić information content (AvgIpc) is 3.24. The number of hydrogen-bond acceptors (Lipinski definition) is 4. The summed E-state index contributed by atoms with van der Waals surface area (Å²) in [6.07, 6.45) is -3.31. The molecule has 0 unspecified atom stereocenters. The fourth-order valence-corrected chi connectivity index (χ4v) is 3.47. The number of fused-ring (bicyclic) bond motifs is 1. The van der Waals surface area contributed by atoms with Crippen LogP contribution < -0.4 is 5.56 Å². The monoisotopic (exact) mass is 412 g/mol. The SMILES string of the molecule is Cc1c(C(=O)N2CCC(C(F)(F)F)CC2)cnn1-c1nn2c(F)ccc2c(=O)[nH]1. The fourth-order valence-electron chi connectivity index (χ4n) is 3.47. The predicted octanol–water partition coefficient (Wildman–Crippen LogP) is 2.07. The molecular formula is C17H16F4N6O2. The molecule has 12 heteroatoms. The highest BCUT2D eigenvalue weighted by Crippen LogP contribution is 2.34. The Morgan fingerprint density at radius 2 is 1.93 bits per heavy atom. The Kier molecular flexibility index (Phi) is 4.43. The van der Waals surface area contributed by atoms with Gasteiger partial charge in [-0.3, -0.25) is 14.6 Å². The molecule has 0 aromatic carbocycles. The lowest BCUT2D eigenvalue weighted by Gasteiger charge is -2.32. The molecule has 1 fully saturated rings. The first-order valence-corrected chi connectivity index (χ1v) is 8.85. The molecule has 0 saturated carbocycles. The van der Waals surface area contributed by atoms with Crippen molar-refractivity contribution < 1.29 is 22.4 Å². The van der Waals surface area contributed by atoms with E-state index in [2.05, 4.69) is 15.2 Å². The van der Waals surface area contributed by atoms with Crippen molar-refractivity contribution in [3.8, 4) is 5.95 Å². The molecule has 154 valence electrons. The normalized spacial score (nSPS) is 16.0. The molecule has 1 N–H and O–H groups in total. The smallest absolute Gasteiger partial charge is 0.339 e. The zero-order valence-corrected chi connectivity index (χ0v) is 15.2. The summed E-state index contributed by atoms with van der Waals surface area (Å²) in [7, 11) is 0. The number of amides is 1. The zero-order valence-electron chi connectivity index (χ0n) is 15.2. The van der Waals surface area contributed by atoms with Crippen LogP contribution in [0.15, 0.2) is 23.1 Å². The number of carbonyl (C=O) groups excluding carboxylic acids is 1. The second kappa shape index (κ2) is 6.71.